The third-order valence-electron chi connectivity index (χ3n) is 4.11. The van der Waals surface area contributed by atoms with Crippen LogP contribution in [0, 0.1) is 0 Å². The van der Waals surface area contributed by atoms with Gasteiger partial charge in [0, 0.05) is 28.3 Å². The molecule has 0 aliphatic heterocycles. The highest BCUT2D eigenvalue weighted by atomic mass is 79.9. The second-order valence-corrected chi connectivity index (χ2v) is 6.37. The van der Waals surface area contributed by atoms with Crippen molar-refractivity contribution in [2.75, 3.05) is 11.4 Å². The molecule has 0 bridgehead atoms. The molecule has 0 radical (unpaired) electrons. The maximum atomic E-state index is 10.00. The molecule has 19 heavy (non-hydrogen) atoms. The van der Waals surface area contributed by atoms with E-state index in [4.69, 9.17) is 0 Å². The summed E-state index contributed by atoms with van der Waals surface area (Å²) < 4.78 is 1.08. The molecular formula is C16H24BrNO. The summed E-state index contributed by atoms with van der Waals surface area (Å²) in [7, 11) is 0. The highest BCUT2D eigenvalue weighted by Crippen LogP contribution is 2.34. The van der Waals surface area contributed by atoms with Crippen LogP contribution in [0.1, 0.15) is 57.6 Å². The summed E-state index contributed by atoms with van der Waals surface area (Å²) in [6.45, 7) is 5.06. The first-order valence-corrected chi connectivity index (χ1v) is 8.17. The van der Waals surface area contributed by atoms with E-state index in [1.807, 2.05) is 19.1 Å². The summed E-state index contributed by atoms with van der Waals surface area (Å²) in [6, 6.07) is 6.83. The van der Waals surface area contributed by atoms with Gasteiger partial charge in [-0.25, -0.2) is 0 Å². The van der Waals surface area contributed by atoms with Crippen LogP contribution < -0.4 is 4.90 Å². The smallest absolute Gasteiger partial charge is 0.0782 e. The van der Waals surface area contributed by atoms with Crippen molar-refractivity contribution in [3.63, 3.8) is 0 Å². The van der Waals surface area contributed by atoms with E-state index in [9.17, 15) is 5.11 Å². The summed E-state index contributed by atoms with van der Waals surface area (Å²) in [5, 5.41) is 10.00. The molecule has 1 aromatic rings. The number of nitrogens with zero attached hydrogens (tertiary/aromatic N) is 1. The van der Waals surface area contributed by atoms with E-state index >= 15 is 0 Å². The van der Waals surface area contributed by atoms with Crippen LogP contribution in [0.15, 0.2) is 22.7 Å². The van der Waals surface area contributed by atoms with Crippen LogP contribution in [-0.2, 0) is 0 Å². The topological polar surface area (TPSA) is 23.5 Å². The molecule has 3 heteroatoms. The average molecular weight is 326 g/mol. The lowest BCUT2D eigenvalue weighted by Gasteiger charge is -2.37. The van der Waals surface area contributed by atoms with Crippen molar-refractivity contribution in [2.45, 2.75) is 58.1 Å². The summed E-state index contributed by atoms with van der Waals surface area (Å²) in [6.07, 6.45) is 6.17. The number of hydrogen-bond acceptors (Lipinski definition) is 2. The standard InChI is InChI=1S/C16H24BrNO/c1-3-18(14-7-5-4-6-8-14)16-11-13(17)9-10-15(16)12(2)19/h9-12,14,19H,3-8H2,1-2H3. The van der Waals surface area contributed by atoms with E-state index in [-0.39, 0.29) is 0 Å². The van der Waals surface area contributed by atoms with Gasteiger partial charge < -0.3 is 10.0 Å². The van der Waals surface area contributed by atoms with Crippen LogP contribution in [-0.4, -0.2) is 17.7 Å². The van der Waals surface area contributed by atoms with Gasteiger partial charge in [0.1, 0.15) is 0 Å². The van der Waals surface area contributed by atoms with E-state index < -0.39 is 6.10 Å². The van der Waals surface area contributed by atoms with Crippen LogP contribution in [0.3, 0.4) is 0 Å². The molecule has 1 fully saturated rings. The zero-order valence-electron chi connectivity index (χ0n) is 11.9. The zero-order valence-corrected chi connectivity index (χ0v) is 13.5. The molecule has 2 rings (SSSR count). The summed E-state index contributed by atoms with van der Waals surface area (Å²) in [5.74, 6) is 0. The molecule has 1 saturated carbocycles. The summed E-state index contributed by atoms with van der Waals surface area (Å²) in [5.41, 5.74) is 2.23. The molecule has 0 saturated heterocycles. The van der Waals surface area contributed by atoms with Crippen LogP contribution in [0.2, 0.25) is 0 Å². The number of aliphatic hydroxyl groups is 1. The number of hydrogen-bond donors (Lipinski definition) is 1. The Bertz CT molecular complexity index is 413. The Morgan fingerprint density at radius 3 is 2.58 bits per heavy atom. The highest BCUT2D eigenvalue weighted by Gasteiger charge is 2.23. The Labute approximate surface area is 124 Å². The third-order valence-corrected chi connectivity index (χ3v) is 4.60. The SMILES string of the molecule is CCN(c1cc(Br)ccc1C(C)O)C1CCCCC1. The second kappa shape index (κ2) is 6.76. The van der Waals surface area contributed by atoms with Gasteiger partial charge in [-0.15, -0.1) is 0 Å². The quantitative estimate of drug-likeness (QED) is 0.870. The Hall–Kier alpha value is -0.540. The van der Waals surface area contributed by atoms with Gasteiger partial charge in [-0.1, -0.05) is 41.3 Å². The van der Waals surface area contributed by atoms with Crippen molar-refractivity contribution in [3.05, 3.63) is 28.2 Å². The Morgan fingerprint density at radius 1 is 1.32 bits per heavy atom. The van der Waals surface area contributed by atoms with Gasteiger partial charge in [0.15, 0.2) is 0 Å². The minimum absolute atomic E-state index is 0.416. The normalized spacial score (nSPS) is 18.3. The van der Waals surface area contributed by atoms with Crippen molar-refractivity contribution < 1.29 is 5.11 Å². The largest absolute Gasteiger partial charge is 0.389 e. The van der Waals surface area contributed by atoms with Crippen molar-refractivity contribution in [1.29, 1.82) is 0 Å². The molecular weight excluding hydrogens is 302 g/mol. The van der Waals surface area contributed by atoms with E-state index in [1.54, 1.807) is 0 Å². The van der Waals surface area contributed by atoms with Gasteiger partial charge in [-0.3, -0.25) is 0 Å². The van der Waals surface area contributed by atoms with E-state index in [2.05, 4.69) is 33.8 Å². The van der Waals surface area contributed by atoms with E-state index in [0.29, 0.717) is 6.04 Å². The maximum Gasteiger partial charge on any atom is 0.0782 e. The van der Waals surface area contributed by atoms with Gasteiger partial charge in [-0.2, -0.15) is 0 Å². The van der Waals surface area contributed by atoms with Gasteiger partial charge in [-0.05, 0) is 38.8 Å². The van der Waals surface area contributed by atoms with Gasteiger partial charge in [0.25, 0.3) is 0 Å². The molecule has 0 amide bonds. The molecule has 2 nitrogen and oxygen atoms in total. The fraction of sp³-hybridized carbons (Fsp3) is 0.625. The zero-order chi connectivity index (χ0) is 13.8. The van der Waals surface area contributed by atoms with Crippen LogP contribution >= 0.6 is 15.9 Å². The van der Waals surface area contributed by atoms with Gasteiger partial charge in [0.05, 0.1) is 6.10 Å². The van der Waals surface area contributed by atoms with E-state index in [0.717, 1.165) is 16.6 Å². The van der Waals surface area contributed by atoms with Crippen molar-refractivity contribution >= 4 is 21.6 Å². The Balaban J connectivity index is 2.32. The molecule has 1 aliphatic rings. The predicted octanol–water partition coefficient (Wildman–Crippen LogP) is 4.66. The summed E-state index contributed by atoms with van der Waals surface area (Å²) in [4.78, 5) is 2.48. The minimum atomic E-state index is -0.416. The third kappa shape index (κ3) is 3.51. The molecule has 0 heterocycles. The number of benzene rings is 1. The Kier molecular flexibility index (Phi) is 5.28. The van der Waals surface area contributed by atoms with Crippen LogP contribution in [0.5, 0.6) is 0 Å². The molecule has 1 N–H and O–H groups in total. The van der Waals surface area contributed by atoms with Crippen molar-refractivity contribution in [1.82, 2.24) is 0 Å². The number of aliphatic hydroxyl groups excluding tert-OH is 1. The van der Waals surface area contributed by atoms with Gasteiger partial charge in [0.2, 0.25) is 0 Å². The molecule has 1 unspecified atom stereocenters. The molecule has 0 spiro atoms. The van der Waals surface area contributed by atoms with Crippen LogP contribution in [0.25, 0.3) is 0 Å². The molecule has 1 aromatic carbocycles. The van der Waals surface area contributed by atoms with Gasteiger partial charge >= 0.3 is 0 Å². The molecule has 106 valence electrons. The minimum Gasteiger partial charge on any atom is -0.389 e. The average Bonchev–Trinajstić information content (AvgIpc) is 2.40. The maximum absolute atomic E-state index is 10.00. The van der Waals surface area contributed by atoms with Crippen molar-refractivity contribution in [3.8, 4) is 0 Å². The first kappa shape index (κ1) is 14.9. The fourth-order valence-corrected chi connectivity index (χ4v) is 3.49. The molecule has 0 aromatic heterocycles. The first-order chi connectivity index (χ1) is 9.13. The van der Waals surface area contributed by atoms with Crippen molar-refractivity contribution in [2.24, 2.45) is 0 Å². The fourth-order valence-electron chi connectivity index (χ4n) is 3.14. The summed E-state index contributed by atoms with van der Waals surface area (Å²) >= 11 is 3.56. The van der Waals surface area contributed by atoms with E-state index in [1.165, 1.54) is 37.8 Å². The predicted molar refractivity (Wildman–Crippen MR) is 84.7 cm³/mol. The second-order valence-electron chi connectivity index (χ2n) is 5.46. The molecule has 1 atom stereocenters. The number of rotatable bonds is 4. The first-order valence-electron chi connectivity index (χ1n) is 7.37. The lowest BCUT2D eigenvalue weighted by molar-refractivity contribution is 0.199. The Morgan fingerprint density at radius 2 is 2.00 bits per heavy atom. The lowest BCUT2D eigenvalue weighted by atomic mass is 9.93. The monoisotopic (exact) mass is 325 g/mol. The molecule has 1 aliphatic carbocycles. The number of halogens is 1. The van der Waals surface area contributed by atoms with Crippen LogP contribution in [0.4, 0.5) is 5.69 Å². The lowest BCUT2D eigenvalue weighted by Crippen LogP contribution is -2.37. The highest BCUT2D eigenvalue weighted by molar-refractivity contribution is 9.10. The number of anilines is 1.